The summed E-state index contributed by atoms with van der Waals surface area (Å²) in [5.74, 6) is -0.170. The van der Waals surface area contributed by atoms with Crippen LogP contribution in [0.5, 0.6) is 0 Å². The van der Waals surface area contributed by atoms with Crippen molar-refractivity contribution in [2.45, 2.75) is 77.2 Å². The van der Waals surface area contributed by atoms with E-state index in [1.54, 1.807) is 0 Å². The molecule has 0 aromatic carbocycles. The Morgan fingerprint density at radius 2 is 2.04 bits per heavy atom. The van der Waals surface area contributed by atoms with Crippen LogP contribution >= 0.6 is 0 Å². The van der Waals surface area contributed by atoms with Gasteiger partial charge in [-0.2, -0.15) is 0 Å². The fraction of sp³-hybridized carbons (Fsp3) is 0.700. The predicted octanol–water partition coefficient (Wildman–Crippen LogP) is 4.28. The van der Waals surface area contributed by atoms with Crippen LogP contribution in [-0.4, -0.2) is 28.1 Å². The molecule has 0 amide bonds. The molecule has 4 heteroatoms. The topological polar surface area (TPSA) is 74.6 Å². The summed E-state index contributed by atoms with van der Waals surface area (Å²) in [7, 11) is 0. The molecule has 1 aliphatic rings. The summed E-state index contributed by atoms with van der Waals surface area (Å²) in [6.45, 7) is 2.15. The van der Waals surface area contributed by atoms with Crippen molar-refractivity contribution in [2.24, 2.45) is 11.8 Å². The molecule has 1 unspecified atom stereocenters. The van der Waals surface area contributed by atoms with Gasteiger partial charge in [-0.1, -0.05) is 50.5 Å². The second-order valence-corrected chi connectivity index (χ2v) is 6.70. The molecule has 136 valence electrons. The summed E-state index contributed by atoms with van der Waals surface area (Å²) in [6.07, 6.45) is 15.3. The third-order valence-corrected chi connectivity index (χ3v) is 4.67. The molecule has 0 spiro atoms. The first-order valence-corrected chi connectivity index (χ1v) is 9.30. The number of hydrogen-bond acceptors (Lipinski definition) is 3. The van der Waals surface area contributed by atoms with Gasteiger partial charge in [0.1, 0.15) is 5.78 Å². The largest absolute Gasteiger partial charge is 0.481 e. The Hall–Kier alpha value is -1.42. The molecular formula is C20H32O4. The summed E-state index contributed by atoms with van der Waals surface area (Å²) in [5.41, 5.74) is 0. The summed E-state index contributed by atoms with van der Waals surface area (Å²) in [5, 5.41) is 18.6. The standard InChI is InChI=1S/C20H32O4/c1-2-3-6-9-17(21)14-12-16-13-15-19(22)18(16)10-7-4-5-8-11-20(23)24/h4-5,12,14,16-18,21H,2-3,6-11,13,15H2,1H3,(H,23,24)/b5-4?,14-12+/t16-,17?,18-/m0/s1. The number of carbonyl (C=O) groups excluding carboxylic acids is 1. The van der Waals surface area contributed by atoms with E-state index >= 15 is 0 Å². The molecule has 4 nitrogen and oxygen atoms in total. The number of unbranched alkanes of at least 4 members (excludes halogenated alkanes) is 2. The lowest BCUT2D eigenvalue weighted by Crippen LogP contribution is -2.13. The maximum atomic E-state index is 12.1. The van der Waals surface area contributed by atoms with Crippen molar-refractivity contribution < 1.29 is 19.8 Å². The van der Waals surface area contributed by atoms with Crippen molar-refractivity contribution in [3.05, 3.63) is 24.3 Å². The van der Waals surface area contributed by atoms with Gasteiger partial charge in [-0.3, -0.25) is 9.59 Å². The molecule has 1 rings (SSSR count). The number of carboxylic acid groups (broad SMARTS) is 1. The van der Waals surface area contributed by atoms with Crippen LogP contribution in [0.3, 0.4) is 0 Å². The Balaban J connectivity index is 2.35. The van der Waals surface area contributed by atoms with Gasteiger partial charge in [-0.05, 0) is 38.0 Å². The zero-order valence-electron chi connectivity index (χ0n) is 14.8. The number of hydrogen-bond donors (Lipinski definition) is 2. The molecule has 0 radical (unpaired) electrons. The Morgan fingerprint density at radius 1 is 1.29 bits per heavy atom. The van der Waals surface area contributed by atoms with Crippen molar-refractivity contribution in [3.63, 3.8) is 0 Å². The zero-order chi connectivity index (χ0) is 17.8. The summed E-state index contributed by atoms with van der Waals surface area (Å²) in [6, 6.07) is 0. The van der Waals surface area contributed by atoms with E-state index < -0.39 is 12.1 Å². The lowest BCUT2D eigenvalue weighted by molar-refractivity contribution is -0.136. The number of aliphatic carboxylic acids is 1. The van der Waals surface area contributed by atoms with Gasteiger partial charge in [-0.25, -0.2) is 0 Å². The summed E-state index contributed by atoms with van der Waals surface area (Å²) >= 11 is 0. The van der Waals surface area contributed by atoms with Crippen LogP contribution in [0.15, 0.2) is 24.3 Å². The second kappa shape index (κ2) is 12.0. The lowest BCUT2D eigenvalue weighted by atomic mass is 9.90. The average molecular weight is 336 g/mol. The summed E-state index contributed by atoms with van der Waals surface area (Å²) in [4.78, 5) is 22.5. The number of carbonyl (C=O) groups is 2. The molecule has 1 fully saturated rings. The first-order valence-electron chi connectivity index (χ1n) is 9.30. The number of allylic oxidation sites excluding steroid dienone is 3. The first-order chi connectivity index (χ1) is 11.5. The molecule has 2 N–H and O–H groups in total. The number of ketones is 1. The van der Waals surface area contributed by atoms with Gasteiger partial charge < -0.3 is 10.2 Å². The number of aliphatic hydroxyl groups is 1. The van der Waals surface area contributed by atoms with E-state index in [0.717, 1.165) is 44.9 Å². The highest BCUT2D eigenvalue weighted by Crippen LogP contribution is 2.33. The van der Waals surface area contributed by atoms with Crippen LogP contribution in [0.1, 0.15) is 71.1 Å². The Kier molecular flexibility index (Phi) is 10.3. The van der Waals surface area contributed by atoms with E-state index in [2.05, 4.69) is 6.92 Å². The number of aliphatic hydroxyl groups excluding tert-OH is 1. The third-order valence-electron chi connectivity index (χ3n) is 4.67. The molecule has 0 aromatic rings. The van der Waals surface area contributed by atoms with Crippen molar-refractivity contribution in [1.82, 2.24) is 0 Å². The number of carboxylic acids is 1. The van der Waals surface area contributed by atoms with Crippen molar-refractivity contribution >= 4 is 11.8 Å². The molecule has 0 saturated heterocycles. The monoisotopic (exact) mass is 336 g/mol. The minimum absolute atomic E-state index is 0.0493. The fourth-order valence-electron chi connectivity index (χ4n) is 3.23. The quantitative estimate of drug-likeness (QED) is 0.412. The SMILES string of the molecule is CCCCCC(O)/C=C/[C@H]1CCC(=O)[C@H]1CCC=CCCC(=O)O. The van der Waals surface area contributed by atoms with Crippen LogP contribution in [0.25, 0.3) is 0 Å². The van der Waals surface area contributed by atoms with Gasteiger partial charge in [0.05, 0.1) is 6.10 Å². The minimum atomic E-state index is -0.784. The molecule has 0 heterocycles. The molecule has 3 atom stereocenters. The molecule has 0 aliphatic heterocycles. The Labute approximate surface area is 145 Å². The molecule has 0 aromatic heterocycles. The maximum absolute atomic E-state index is 12.1. The summed E-state index contributed by atoms with van der Waals surface area (Å²) < 4.78 is 0. The van der Waals surface area contributed by atoms with E-state index in [9.17, 15) is 14.7 Å². The van der Waals surface area contributed by atoms with Crippen LogP contribution in [-0.2, 0) is 9.59 Å². The first kappa shape index (κ1) is 20.6. The van der Waals surface area contributed by atoms with Crippen LogP contribution < -0.4 is 0 Å². The molecule has 1 aliphatic carbocycles. The van der Waals surface area contributed by atoms with E-state index in [-0.39, 0.29) is 18.3 Å². The number of rotatable bonds is 12. The average Bonchev–Trinajstić information content (AvgIpc) is 2.89. The highest BCUT2D eigenvalue weighted by Gasteiger charge is 2.32. The van der Waals surface area contributed by atoms with Crippen LogP contribution in [0.4, 0.5) is 0 Å². The van der Waals surface area contributed by atoms with E-state index in [4.69, 9.17) is 5.11 Å². The van der Waals surface area contributed by atoms with Gasteiger partial charge in [0, 0.05) is 18.8 Å². The fourth-order valence-corrected chi connectivity index (χ4v) is 3.23. The van der Waals surface area contributed by atoms with Gasteiger partial charge in [0.25, 0.3) is 0 Å². The van der Waals surface area contributed by atoms with E-state index in [0.29, 0.717) is 18.6 Å². The van der Waals surface area contributed by atoms with E-state index in [1.807, 2.05) is 24.3 Å². The van der Waals surface area contributed by atoms with Gasteiger partial charge >= 0.3 is 5.97 Å². The molecule has 24 heavy (non-hydrogen) atoms. The highest BCUT2D eigenvalue weighted by molar-refractivity contribution is 5.83. The van der Waals surface area contributed by atoms with Crippen LogP contribution in [0.2, 0.25) is 0 Å². The third kappa shape index (κ3) is 8.44. The van der Waals surface area contributed by atoms with Crippen LogP contribution in [0, 0.1) is 11.8 Å². The van der Waals surface area contributed by atoms with E-state index in [1.165, 1.54) is 0 Å². The van der Waals surface area contributed by atoms with Gasteiger partial charge in [0.2, 0.25) is 0 Å². The van der Waals surface area contributed by atoms with Crippen molar-refractivity contribution in [1.29, 1.82) is 0 Å². The maximum Gasteiger partial charge on any atom is 0.303 e. The van der Waals surface area contributed by atoms with Gasteiger partial charge in [-0.15, -0.1) is 0 Å². The second-order valence-electron chi connectivity index (χ2n) is 6.70. The molecule has 0 bridgehead atoms. The molecule has 1 saturated carbocycles. The van der Waals surface area contributed by atoms with Crippen molar-refractivity contribution in [2.75, 3.05) is 0 Å². The molecular weight excluding hydrogens is 304 g/mol. The smallest absolute Gasteiger partial charge is 0.303 e. The Morgan fingerprint density at radius 3 is 2.75 bits per heavy atom. The van der Waals surface area contributed by atoms with Crippen molar-refractivity contribution in [3.8, 4) is 0 Å². The zero-order valence-corrected chi connectivity index (χ0v) is 14.8. The number of Topliss-reactive ketones (excluding diaryl/α,β-unsaturated/α-hetero) is 1. The highest BCUT2D eigenvalue weighted by atomic mass is 16.4. The predicted molar refractivity (Wildman–Crippen MR) is 95.8 cm³/mol. The lowest BCUT2D eigenvalue weighted by Gasteiger charge is -2.14. The normalized spacial score (nSPS) is 22.7. The van der Waals surface area contributed by atoms with Gasteiger partial charge in [0.15, 0.2) is 0 Å². The Bertz CT molecular complexity index is 439. The minimum Gasteiger partial charge on any atom is -0.481 e.